The van der Waals surface area contributed by atoms with E-state index in [4.69, 9.17) is 0 Å². The first-order valence-electron chi connectivity index (χ1n) is 11.0. The average Bonchev–Trinajstić information content (AvgIpc) is 2.69. The summed E-state index contributed by atoms with van der Waals surface area (Å²) in [6.45, 7) is 11.6. The molecule has 0 spiro atoms. The lowest BCUT2D eigenvalue weighted by molar-refractivity contribution is -0.121. The van der Waals surface area contributed by atoms with E-state index in [1.807, 2.05) is 0 Å². The fourth-order valence-electron chi connectivity index (χ4n) is 5.57. The Balaban J connectivity index is 1.77. The molecular weight excluding hydrogens is 356 g/mol. The third-order valence-corrected chi connectivity index (χ3v) is 6.85. The molecule has 1 atom stereocenters. The topological polar surface area (TPSA) is 23.6 Å². The summed E-state index contributed by atoms with van der Waals surface area (Å²) in [5.41, 5.74) is 4.56. The number of piperidine rings is 1. The lowest BCUT2D eigenvalue weighted by Crippen LogP contribution is -2.58. The van der Waals surface area contributed by atoms with Crippen molar-refractivity contribution in [2.75, 3.05) is 24.5 Å². The largest absolute Gasteiger partial charge is 0.305 e. The standard InChI is InChI=1S/C26H34N2O/c1-20-13-14-23-22(17-20)26(4,21-11-7-5-8-12-21)19-25(2,3)28(23)24(29)18-27-15-9-6-10-16-27/h5,7-8,11-14,17H,6,9-10,15-16,18-19H2,1-4H3. The van der Waals surface area contributed by atoms with Crippen LogP contribution in [0.5, 0.6) is 0 Å². The quantitative estimate of drug-likeness (QED) is 0.710. The molecule has 154 valence electrons. The fraction of sp³-hybridized carbons (Fsp3) is 0.500. The van der Waals surface area contributed by atoms with Crippen LogP contribution in [0.1, 0.15) is 63.1 Å². The molecule has 2 aromatic rings. The molecule has 0 saturated carbocycles. The molecule has 1 saturated heterocycles. The van der Waals surface area contributed by atoms with E-state index in [0.29, 0.717) is 6.54 Å². The second-order valence-electron chi connectivity index (χ2n) is 9.77. The molecule has 3 nitrogen and oxygen atoms in total. The Hall–Kier alpha value is -2.13. The lowest BCUT2D eigenvalue weighted by atomic mass is 9.65. The third-order valence-electron chi connectivity index (χ3n) is 6.85. The van der Waals surface area contributed by atoms with Gasteiger partial charge in [0.15, 0.2) is 0 Å². The Morgan fingerprint density at radius 3 is 2.34 bits per heavy atom. The maximum atomic E-state index is 13.6. The zero-order chi connectivity index (χ0) is 20.6. The van der Waals surface area contributed by atoms with Crippen LogP contribution in [0, 0.1) is 6.92 Å². The van der Waals surface area contributed by atoms with E-state index < -0.39 is 0 Å². The smallest absolute Gasteiger partial charge is 0.241 e. The van der Waals surface area contributed by atoms with Gasteiger partial charge < -0.3 is 4.90 Å². The molecule has 2 heterocycles. The molecule has 2 aliphatic heterocycles. The first-order chi connectivity index (χ1) is 13.8. The van der Waals surface area contributed by atoms with Crippen LogP contribution < -0.4 is 4.90 Å². The lowest BCUT2D eigenvalue weighted by Gasteiger charge is -2.52. The SMILES string of the molecule is Cc1ccc2c(c1)C(C)(c1ccccc1)CC(C)(C)N2C(=O)CN1CCCCC1. The van der Waals surface area contributed by atoms with Crippen molar-refractivity contribution in [3.63, 3.8) is 0 Å². The van der Waals surface area contributed by atoms with Gasteiger partial charge in [-0.1, -0.05) is 61.4 Å². The summed E-state index contributed by atoms with van der Waals surface area (Å²) in [5.74, 6) is 0.233. The first-order valence-corrected chi connectivity index (χ1v) is 11.0. The molecule has 2 aliphatic rings. The number of carbonyl (C=O) groups is 1. The van der Waals surface area contributed by atoms with E-state index >= 15 is 0 Å². The molecule has 29 heavy (non-hydrogen) atoms. The van der Waals surface area contributed by atoms with Gasteiger partial charge in [0.05, 0.1) is 6.54 Å². The van der Waals surface area contributed by atoms with Gasteiger partial charge >= 0.3 is 0 Å². The Kier molecular flexibility index (Phi) is 5.29. The molecule has 1 fully saturated rings. The Morgan fingerprint density at radius 2 is 1.66 bits per heavy atom. The molecule has 2 aromatic carbocycles. The fourth-order valence-corrected chi connectivity index (χ4v) is 5.57. The second-order valence-corrected chi connectivity index (χ2v) is 9.77. The number of rotatable bonds is 3. The van der Waals surface area contributed by atoms with Crippen molar-refractivity contribution < 1.29 is 4.79 Å². The van der Waals surface area contributed by atoms with Crippen molar-refractivity contribution in [2.24, 2.45) is 0 Å². The van der Waals surface area contributed by atoms with Crippen LogP contribution in [0.15, 0.2) is 48.5 Å². The van der Waals surface area contributed by atoms with Gasteiger partial charge in [-0.05, 0) is 70.3 Å². The number of nitrogens with zero attached hydrogens (tertiary/aromatic N) is 2. The molecule has 1 unspecified atom stereocenters. The van der Waals surface area contributed by atoms with Gasteiger partial charge in [-0.25, -0.2) is 0 Å². The van der Waals surface area contributed by atoms with Gasteiger partial charge in [0, 0.05) is 16.6 Å². The molecule has 0 aliphatic carbocycles. The number of hydrogen-bond acceptors (Lipinski definition) is 2. The van der Waals surface area contributed by atoms with E-state index in [9.17, 15) is 4.79 Å². The molecule has 3 heteroatoms. The number of hydrogen-bond donors (Lipinski definition) is 0. The number of likely N-dealkylation sites (tertiary alicyclic amines) is 1. The predicted octanol–water partition coefficient (Wildman–Crippen LogP) is 5.30. The number of anilines is 1. The van der Waals surface area contributed by atoms with Crippen LogP contribution >= 0.6 is 0 Å². The predicted molar refractivity (Wildman–Crippen MR) is 121 cm³/mol. The summed E-state index contributed by atoms with van der Waals surface area (Å²) in [5, 5.41) is 0. The Morgan fingerprint density at radius 1 is 0.966 bits per heavy atom. The highest BCUT2D eigenvalue weighted by molar-refractivity contribution is 5.98. The number of amides is 1. The molecule has 4 rings (SSSR count). The van der Waals surface area contributed by atoms with Crippen LogP contribution in [0.4, 0.5) is 5.69 Å². The average molecular weight is 391 g/mol. The van der Waals surface area contributed by atoms with Gasteiger partial charge in [0.1, 0.15) is 0 Å². The zero-order valence-electron chi connectivity index (χ0n) is 18.4. The van der Waals surface area contributed by atoms with Crippen molar-refractivity contribution in [1.82, 2.24) is 4.90 Å². The minimum absolute atomic E-state index is 0.117. The molecular formula is C26H34N2O. The summed E-state index contributed by atoms with van der Waals surface area (Å²) in [7, 11) is 0. The number of carbonyl (C=O) groups excluding carboxylic acids is 1. The van der Waals surface area contributed by atoms with Crippen LogP contribution in [0.25, 0.3) is 0 Å². The van der Waals surface area contributed by atoms with Crippen LogP contribution in [-0.4, -0.2) is 36.0 Å². The summed E-state index contributed by atoms with van der Waals surface area (Å²) in [6.07, 6.45) is 4.61. The highest BCUT2D eigenvalue weighted by Crippen LogP contribution is 2.50. The van der Waals surface area contributed by atoms with Crippen LogP contribution in [0.2, 0.25) is 0 Å². The summed E-state index contributed by atoms with van der Waals surface area (Å²) in [4.78, 5) is 18.0. The van der Waals surface area contributed by atoms with Crippen LogP contribution in [0.3, 0.4) is 0 Å². The van der Waals surface area contributed by atoms with E-state index in [2.05, 4.69) is 86.0 Å². The normalized spacial score (nSPS) is 24.2. The minimum Gasteiger partial charge on any atom is -0.305 e. The summed E-state index contributed by atoms with van der Waals surface area (Å²) < 4.78 is 0. The van der Waals surface area contributed by atoms with Crippen molar-refractivity contribution in [3.8, 4) is 0 Å². The summed E-state index contributed by atoms with van der Waals surface area (Å²) in [6, 6.07) is 17.4. The monoisotopic (exact) mass is 390 g/mol. The van der Waals surface area contributed by atoms with Crippen LogP contribution in [-0.2, 0) is 10.2 Å². The highest BCUT2D eigenvalue weighted by atomic mass is 16.2. The van der Waals surface area contributed by atoms with Crippen molar-refractivity contribution in [1.29, 1.82) is 0 Å². The molecule has 0 bridgehead atoms. The van der Waals surface area contributed by atoms with Crippen molar-refractivity contribution in [3.05, 3.63) is 65.2 Å². The van der Waals surface area contributed by atoms with E-state index in [-0.39, 0.29) is 16.9 Å². The van der Waals surface area contributed by atoms with E-state index in [1.165, 1.54) is 36.0 Å². The highest BCUT2D eigenvalue weighted by Gasteiger charge is 2.47. The van der Waals surface area contributed by atoms with Crippen molar-refractivity contribution in [2.45, 2.75) is 64.3 Å². The summed E-state index contributed by atoms with van der Waals surface area (Å²) >= 11 is 0. The molecule has 0 radical (unpaired) electrons. The Bertz CT molecular complexity index is 883. The Labute approximate surface area is 175 Å². The van der Waals surface area contributed by atoms with E-state index in [1.54, 1.807) is 0 Å². The number of aryl methyl sites for hydroxylation is 1. The third kappa shape index (κ3) is 3.73. The minimum atomic E-state index is -0.250. The van der Waals surface area contributed by atoms with Crippen molar-refractivity contribution >= 4 is 11.6 Å². The number of fused-ring (bicyclic) bond motifs is 1. The number of benzene rings is 2. The first kappa shape index (κ1) is 20.2. The maximum absolute atomic E-state index is 13.6. The molecule has 0 aromatic heterocycles. The molecule has 1 amide bonds. The van der Waals surface area contributed by atoms with Gasteiger partial charge in [-0.15, -0.1) is 0 Å². The maximum Gasteiger partial charge on any atom is 0.241 e. The van der Waals surface area contributed by atoms with Gasteiger partial charge in [-0.2, -0.15) is 0 Å². The van der Waals surface area contributed by atoms with Gasteiger partial charge in [-0.3, -0.25) is 9.69 Å². The molecule has 0 N–H and O–H groups in total. The van der Waals surface area contributed by atoms with Gasteiger partial charge in [0.25, 0.3) is 0 Å². The zero-order valence-corrected chi connectivity index (χ0v) is 18.4. The van der Waals surface area contributed by atoms with E-state index in [0.717, 1.165) is 25.2 Å². The van der Waals surface area contributed by atoms with Gasteiger partial charge in [0.2, 0.25) is 5.91 Å². The second kappa shape index (κ2) is 7.60.